The summed E-state index contributed by atoms with van der Waals surface area (Å²) in [6, 6.07) is 0. The summed E-state index contributed by atoms with van der Waals surface area (Å²) in [5.74, 6) is 0.350. The van der Waals surface area contributed by atoms with Gasteiger partial charge >= 0.3 is 0 Å². The van der Waals surface area contributed by atoms with E-state index < -0.39 is 0 Å². The monoisotopic (exact) mass is 114 g/mol. The van der Waals surface area contributed by atoms with E-state index in [1.807, 2.05) is 6.92 Å². The van der Waals surface area contributed by atoms with E-state index in [2.05, 4.69) is 0 Å². The van der Waals surface area contributed by atoms with Crippen molar-refractivity contribution in [2.45, 2.75) is 20.0 Å². The van der Waals surface area contributed by atoms with Gasteiger partial charge in [-0.3, -0.25) is 4.79 Å². The molecule has 0 saturated carbocycles. The maximum atomic E-state index is 10.5. The summed E-state index contributed by atoms with van der Waals surface area (Å²) in [6.45, 7) is 4.28. The molecule has 0 N–H and O–H groups in total. The van der Waals surface area contributed by atoms with E-state index in [1.165, 1.54) is 0 Å². The fraction of sp³-hybridized carbons (Fsp3) is 0.833. The molecule has 2 unspecified atom stereocenters. The van der Waals surface area contributed by atoms with Crippen LogP contribution in [0.2, 0.25) is 0 Å². The number of Topliss-reactive ketones (excluding diaryl/α,β-unsaturated/α-hetero) is 1. The molecule has 1 aliphatic rings. The molecule has 0 amide bonds. The lowest BCUT2D eigenvalue weighted by atomic mass is 10.1. The second-order valence-electron chi connectivity index (χ2n) is 2.27. The normalized spacial score (nSPS) is 29.5. The molecule has 1 saturated heterocycles. The molecule has 2 atom stereocenters. The number of rotatable bonds is 2. The predicted octanol–water partition coefficient (Wildman–Crippen LogP) is 0.610. The van der Waals surface area contributed by atoms with Crippen LogP contribution in [0.3, 0.4) is 0 Å². The van der Waals surface area contributed by atoms with Crippen LogP contribution < -0.4 is 0 Å². The number of hydrogen-bond acceptors (Lipinski definition) is 2. The van der Waals surface area contributed by atoms with E-state index in [9.17, 15) is 4.79 Å². The van der Waals surface area contributed by atoms with Crippen LogP contribution in [0.25, 0.3) is 0 Å². The average Bonchev–Trinajstić information content (AvgIpc) is 2.43. The summed E-state index contributed by atoms with van der Waals surface area (Å²) in [6.07, 6.45) is 0.243. The Morgan fingerprint density at radius 1 is 1.88 bits per heavy atom. The number of ether oxygens (including phenoxy) is 1. The first-order valence-electron chi connectivity index (χ1n) is 2.84. The van der Waals surface area contributed by atoms with E-state index in [1.54, 1.807) is 6.92 Å². The van der Waals surface area contributed by atoms with Gasteiger partial charge in [-0.15, -0.1) is 0 Å². The highest BCUT2D eigenvalue weighted by Crippen LogP contribution is 2.19. The van der Waals surface area contributed by atoms with Crippen molar-refractivity contribution in [1.29, 1.82) is 0 Å². The molecular formula is C6H10O2. The highest BCUT2D eigenvalue weighted by molar-refractivity contribution is 5.78. The van der Waals surface area contributed by atoms with E-state index in [0.717, 1.165) is 6.61 Å². The van der Waals surface area contributed by atoms with Gasteiger partial charge in [0.1, 0.15) is 5.78 Å². The Labute approximate surface area is 48.8 Å². The van der Waals surface area contributed by atoms with Crippen molar-refractivity contribution in [3.63, 3.8) is 0 Å². The second-order valence-corrected chi connectivity index (χ2v) is 2.27. The molecule has 1 heterocycles. The molecule has 0 aliphatic carbocycles. The van der Waals surface area contributed by atoms with Gasteiger partial charge in [0.05, 0.1) is 12.7 Å². The van der Waals surface area contributed by atoms with Crippen LogP contribution in [-0.4, -0.2) is 18.5 Å². The number of carbonyl (C=O) groups excluding carboxylic acids is 1. The van der Waals surface area contributed by atoms with Crippen LogP contribution in [0.15, 0.2) is 0 Å². The van der Waals surface area contributed by atoms with Crippen molar-refractivity contribution in [3.05, 3.63) is 0 Å². The minimum Gasteiger partial charge on any atom is -0.372 e. The first-order chi connectivity index (χ1) is 3.72. The third-order valence-electron chi connectivity index (χ3n) is 1.56. The van der Waals surface area contributed by atoms with Crippen LogP contribution in [0.1, 0.15) is 13.8 Å². The van der Waals surface area contributed by atoms with Crippen molar-refractivity contribution in [2.24, 2.45) is 5.92 Å². The zero-order chi connectivity index (χ0) is 6.15. The minimum absolute atomic E-state index is 0.120. The quantitative estimate of drug-likeness (QED) is 0.492. The van der Waals surface area contributed by atoms with E-state index in [-0.39, 0.29) is 17.8 Å². The predicted molar refractivity (Wildman–Crippen MR) is 29.6 cm³/mol. The van der Waals surface area contributed by atoms with Crippen LogP contribution in [0.5, 0.6) is 0 Å². The molecule has 2 heteroatoms. The van der Waals surface area contributed by atoms with Crippen molar-refractivity contribution in [3.8, 4) is 0 Å². The van der Waals surface area contributed by atoms with E-state index >= 15 is 0 Å². The molecule has 1 fully saturated rings. The molecule has 1 aliphatic heterocycles. The fourth-order valence-electron chi connectivity index (χ4n) is 0.606. The zero-order valence-electron chi connectivity index (χ0n) is 5.18. The topological polar surface area (TPSA) is 29.6 Å². The highest BCUT2D eigenvalue weighted by atomic mass is 16.6. The molecule has 46 valence electrons. The molecular weight excluding hydrogens is 104 g/mol. The van der Waals surface area contributed by atoms with Crippen molar-refractivity contribution >= 4 is 5.78 Å². The first-order valence-corrected chi connectivity index (χ1v) is 2.84. The van der Waals surface area contributed by atoms with Crippen LogP contribution in [0.4, 0.5) is 0 Å². The SMILES string of the molecule is CC(=O)C(C)C1CO1. The standard InChI is InChI=1S/C6H10O2/c1-4(5(2)7)6-3-8-6/h4,6H,3H2,1-2H3. The van der Waals surface area contributed by atoms with Gasteiger partial charge < -0.3 is 4.74 Å². The van der Waals surface area contributed by atoms with Gasteiger partial charge in [-0.05, 0) is 6.92 Å². The van der Waals surface area contributed by atoms with Crippen molar-refractivity contribution in [2.75, 3.05) is 6.61 Å². The number of hydrogen-bond donors (Lipinski definition) is 0. The summed E-state index contributed by atoms with van der Waals surface area (Å²) in [7, 11) is 0. The van der Waals surface area contributed by atoms with Gasteiger partial charge in [0, 0.05) is 5.92 Å². The molecule has 0 spiro atoms. The molecule has 0 aromatic carbocycles. The lowest BCUT2D eigenvalue weighted by Crippen LogP contribution is -2.12. The Balaban J connectivity index is 2.32. The van der Waals surface area contributed by atoms with Gasteiger partial charge in [-0.2, -0.15) is 0 Å². The zero-order valence-corrected chi connectivity index (χ0v) is 5.18. The number of epoxide rings is 1. The number of ketones is 1. The fourth-order valence-corrected chi connectivity index (χ4v) is 0.606. The molecule has 0 bridgehead atoms. The lowest BCUT2D eigenvalue weighted by molar-refractivity contribution is -0.120. The van der Waals surface area contributed by atoms with Gasteiger partial charge in [0.25, 0.3) is 0 Å². The highest BCUT2D eigenvalue weighted by Gasteiger charge is 2.31. The molecule has 8 heavy (non-hydrogen) atoms. The number of carbonyl (C=O) groups is 1. The Morgan fingerprint density at radius 3 is 2.50 bits per heavy atom. The lowest BCUT2D eigenvalue weighted by Gasteiger charge is -1.98. The molecule has 0 aromatic rings. The third-order valence-corrected chi connectivity index (χ3v) is 1.56. The van der Waals surface area contributed by atoms with Crippen LogP contribution >= 0.6 is 0 Å². The smallest absolute Gasteiger partial charge is 0.135 e. The van der Waals surface area contributed by atoms with E-state index in [0.29, 0.717) is 0 Å². The van der Waals surface area contributed by atoms with Crippen molar-refractivity contribution in [1.82, 2.24) is 0 Å². The Bertz CT molecular complexity index is 105. The van der Waals surface area contributed by atoms with Gasteiger partial charge in [0.2, 0.25) is 0 Å². The molecule has 2 nitrogen and oxygen atoms in total. The first kappa shape index (κ1) is 5.76. The van der Waals surface area contributed by atoms with Crippen molar-refractivity contribution < 1.29 is 9.53 Å². The molecule has 0 aromatic heterocycles. The maximum absolute atomic E-state index is 10.5. The second kappa shape index (κ2) is 1.86. The Morgan fingerprint density at radius 2 is 2.38 bits per heavy atom. The summed E-state index contributed by atoms with van der Waals surface area (Å²) in [5.41, 5.74) is 0. The van der Waals surface area contributed by atoms with Gasteiger partial charge in [-0.1, -0.05) is 6.92 Å². The Hall–Kier alpha value is -0.370. The maximum Gasteiger partial charge on any atom is 0.135 e. The minimum atomic E-state index is 0.120. The Kier molecular flexibility index (Phi) is 1.34. The van der Waals surface area contributed by atoms with E-state index in [4.69, 9.17) is 4.74 Å². The summed E-state index contributed by atoms with van der Waals surface area (Å²) >= 11 is 0. The summed E-state index contributed by atoms with van der Waals surface area (Å²) < 4.78 is 4.91. The summed E-state index contributed by atoms with van der Waals surface area (Å²) in [5, 5.41) is 0. The van der Waals surface area contributed by atoms with Crippen LogP contribution in [0, 0.1) is 5.92 Å². The third kappa shape index (κ3) is 1.07. The molecule has 1 rings (SSSR count). The molecule has 0 radical (unpaired) electrons. The average molecular weight is 114 g/mol. The largest absolute Gasteiger partial charge is 0.372 e. The summed E-state index contributed by atoms with van der Waals surface area (Å²) in [4.78, 5) is 10.5. The van der Waals surface area contributed by atoms with Gasteiger partial charge in [-0.25, -0.2) is 0 Å². The van der Waals surface area contributed by atoms with Gasteiger partial charge in [0.15, 0.2) is 0 Å². The van der Waals surface area contributed by atoms with Crippen LogP contribution in [-0.2, 0) is 9.53 Å².